The molecule has 0 aromatic rings. The smallest absolute Gasteiger partial charge is 0.224 e. The number of carbonyl (C=O) groups is 2. The summed E-state index contributed by atoms with van der Waals surface area (Å²) >= 11 is 0. The molecular formula is C26H38N2O2. The van der Waals surface area contributed by atoms with Gasteiger partial charge in [0.1, 0.15) is 0 Å². The van der Waals surface area contributed by atoms with Crippen LogP contribution in [0.3, 0.4) is 0 Å². The van der Waals surface area contributed by atoms with Gasteiger partial charge in [-0.2, -0.15) is 0 Å². The van der Waals surface area contributed by atoms with Crippen molar-refractivity contribution < 1.29 is 9.59 Å². The third-order valence-corrected chi connectivity index (χ3v) is 9.96. The van der Waals surface area contributed by atoms with Crippen LogP contribution in [-0.2, 0) is 9.59 Å². The lowest BCUT2D eigenvalue weighted by molar-refractivity contribution is -0.133. The molecule has 4 fully saturated rings. The first-order valence-corrected chi connectivity index (χ1v) is 12.3. The van der Waals surface area contributed by atoms with Crippen LogP contribution in [-0.4, -0.2) is 24.3 Å². The molecule has 1 heterocycles. The standard InChI is InChI=1S/C26H38N2O2/c1-16-6-4-5-7-22(16)28-24(30)21-9-8-19-18-15-27-23-14-17(29)10-12-26(23,3)20(18)11-13-25(19,21)2/h14,18-22,27H,1,4-13,15H2,2-3H3,(H,28,30)/t18-,19-,20-,21+,22?,25-,26+/m0/s1. The average Bonchev–Trinajstić information content (AvgIpc) is 3.07. The van der Waals surface area contributed by atoms with Crippen LogP contribution in [0.15, 0.2) is 23.9 Å². The van der Waals surface area contributed by atoms with Gasteiger partial charge >= 0.3 is 0 Å². The van der Waals surface area contributed by atoms with Crippen molar-refractivity contribution in [1.82, 2.24) is 10.6 Å². The molecule has 5 rings (SSSR count). The van der Waals surface area contributed by atoms with Gasteiger partial charge in [0.2, 0.25) is 5.91 Å². The summed E-state index contributed by atoms with van der Waals surface area (Å²) in [6.07, 6.45) is 12.6. The number of piperidine rings is 1. The van der Waals surface area contributed by atoms with Gasteiger partial charge < -0.3 is 10.6 Å². The van der Waals surface area contributed by atoms with Crippen molar-refractivity contribution in [3.8, 4) is 0 Å². The predicted molar refractivity (Wildman–Crippen MR) is 119 cm³/mol. The fourth-order valence-corrected chi connectivity index (χ4v) is 8.10. The minimum absolute atomic E-state index is 0.102. The van der Waals surface area contributed by atoms with Crippen LogP contribution < -0.4 is 10.6 Å². The van der Waals surface area contributed by atoms with Crippen molar-refractivity contribution in [2.24, 2.45) is 34.5 Å². The van der Waals surface area contributed by atoms with E-state index in [1.54, 1.807) is 0 Å². The normalized spacial score (nSPS) is 45.5. The Morgan fingerprint density at radius 1 is 1.10 bits per heavy atom. The molecule has 30 heavy (non-hydrogen) atoms. The molecule has 1 aliphatic heterocycles. The molecule has 0 aromatic carbocycles. The van der Waals surface area contributed by atoms with Crippen LogP contribution in [0.4, 0.5) is 0 Å². The fraction of sp³-hybridized carbons (Fsp3) is 0.769. The van der Waals surface area contributed by atoms with Crippen LogP contribution in [0, 0.1) is 34.5 Å². The molecule has 0 aromatic heterocycles. The summed E-state index contributed by atoms with van der Waals surface area (Å²) < 4.78 is 0. The maximum atomic E-state index is 13.4. The van der Waals surface area contributed by atoms with Crippen molar-refractivity contribution in [2.45, 2.75) is 84.1 Å². The Kier molecular flexibility index (Phi) is 4.91. The molecule has 7 atom stereocenters. The highest BCUT2D eigenvalue weighted by Gasteiger charge is 2.60. The Morgan fingerprint density at radius 3 is 2.73 bits per heavy atom. The summed E-state index contributed by atoms with van der Waals surface area (Å²) in [4.78, 5) is 25.4. The quantitative estimate of drug-likeness (QED) is 0.658. The summed E-state index contributed by atoms with van der Waals surface area (Å²) in [6, 6.07) is 0.188. The van der Waals surface area contributed by atoms with Gasteiger partial charge in [-0.3, -0.25) is 9.59 Å². The molecule has 1 amide bonds. The van der Waals surface area contributed by atoms with E-state index >= 15 is 0 Å². The molecule has 0 bridgehead atoms. The van der Waals surface area contributed by atoms with E-state index in [4.69, 9.17) is 0 Å². The second-order valence-corrected chi connectivity index (χ2v) is 11.3. The predicted octanol–water partition coefficient (Wildman–Crippen LogP) is 4.52. The molecule has 3 saturated carbocycles. The summed E-state index contributed by atoms with van der Waals surface area (Å²) in [7, 11) is 0. The number of nitrogens with one attached hydrogen (secondary N) is 2. The van der Waals surface area contributed by atoms with Crippen LogP contribution in [0.25, 0.3) is 0 Å². The number of ketones is 1. The van der Waals surface area contributed by atoms with E-state index < -0.39 is 0 Å². The van der Waals surface area contributed by atoms with Gasteiger partial charge in [0.05, 0.1) is 0 Å². The molecule has 5 aliphatic rings. The van der Waals surface area contributed by atoms with Gasteiger partial charge in [-0.1, -0.05) is 32.4 Å². The van der Waals surface area contributed by atoms with Gasteiger partial charge in [0.15, 0.2) is 5.78 Å². The molecule has 164 valence electrons. The molecule has 1 saturated heterocycles. The molecule has 4 aliphatic carbocycles. The fourth-order valence-electron chi connectivity index (χ4n) is 8.10. The highest BCUT2D eigenvalue weighted by molar-refractivity contribution is 5.91. The Balaban J connectivity index is 1.34. The monoisotopic (exact) mass is 410 g/mol. The lowest BCUT2D eigenvalue weighted by atomic mass is 9.50. The van der Waals surface area contributed by atoms with Gasteiger partial charge in [-0.25, -0.2) is 0 Å². The van der Waals surface area contributed by atoms with E-state index in [1.807, 2.05) is 6.08 Å². The van der Waals surface area contributed by atoms with E-state index in [2.05, 4.69) is 31.1 Å². The highest BCUT2D eigenvalue weighted by Crippen LogP contribution is 2.64. The zero-order valence-electron chi connectivity index (χ0n) is 18.8. The largest absolute Gasteiger partial charge is 0.387 e. The number of hydrogen-bond donors (Lipinski definition) is 2. The van der Waals surface area contributed by atoms with E-state index in [9.17, 15) is 9.59 Å². The first-order valence-electron chi connectivity index (χ1n) is 12.3. The first kappa shape index (κ1) is 20.3. The van der Waals surface area contributed by atoms with Gasteiger partial charge in [0.25, 0.3) is 0 Å². The third-order valence-electron chi connectivity index (χ3n) is 9.96. The lowest BCUT2D eigenvalue weighted by Gasteiger charge is -2.58. The lowest BCUT2D eigenvalue weighted by Crippen LogP contribution is -2.57. The summed E-state index contributed by atoms with van der Waals surface area (Å²) in [5, 5.41) is 7.06. The Morgan fingerprint density at radius 2 is 1.93 bits per heavy atom. The number of fused-ring (bicyclic) bond motifs is 5. The first-order chi connectivity index (χ1) is 14.3. The number of rotatable bonds is 2. The average molecular weight is 411 g/mol. The van der Waals surface area contributed by atoms with Crippen molar-refractivity contribution in [3.63, 3.8) is 0 Å². The molecule has 0 spiro atoms. The molecule has 4 heteroatoms. The van der Waals surface area contributed by atoms with Crippen LogP contribution in [0.2, 0.25) is 0 Å². The minimum atomic E-state index is 0.102. The molecular weight excluding hydrogens is 372 g/mol. The Bertz CT molecular complexity index is 801. The van der Waals surface area contributed by atoms with Crippen molar-refractivity contribution in [3.05, 3.63) is 23.9 Å². The number of carbonyl (C=O) groups excluding carboxylic acids is 2. The molecule has 2 N–H and O–H groups in total. The zero-order chi connectivity index (χ0) is 21.1. The Hall–Kier alpha value is -1.58. The minimum Gasteiger partial charge on any atom is -0.387 e. The Labute approximate surface area is 181 Å². The number of hydrogen-bond acceptors (Lipinski definition) is 3. The van der Waals surface area contributed by atoms with E-state index in [0.29, 0.717) is 24.2 Å². The van der Waals surface area contributed by atoms with Gasteiger partial charge in [-0.15, -0.1) is 0 Å². The van der Waals surface area contributed by atoms with E-state index in [0.717, 1.165) is 45.1 Å². The number of allylic oxidation sites excluding steroid dienone is 2. The molecule has 0 radical (unpaired) electrons. The van der Waals surface area contributed by atoms with E-state index in [-0.39, 0.29) is 34.5 Å². The van der Waals surface area contributed by atoms with Crippen LogP contribution in [0.1, 0.15) is 78.1 Å². The third kappa shape index (κ3) is 3.00. The molecule has 1 unspecified atom stereocenters. The second kappa shape index (κ2) is 7.24. The molecule has 4 nitrogen and oxygen atoms in total. The van der Waals surface area contributed by atoms with Crippen molar-refractivity contribution >= 4 is 11.7 Å². The maximum Gasteiger partial charge on any atom is 0.224 e. The summed E-state index contributed by atoms with van der Waals surface area (Å²) in [5.41, 5.74) is 2.61. The van der Waals surface area contributed by atoms with Gasteiger partial charge in [0, 0.05) is 42.1 Å². The van der Waals surface area contributed by atoms with E-state index in [1.165, 1.54) is 30.5 Å². The maximum absolute atomic E-state index is 13.4. The number of amides is 1. The zero-order valence-corrected chi connectivity index (χ0v) is 18.8. The SMILES string of the molecule is C=C1CCCCC1NC(=O)[C@H]1CC[C@H]2[C@@H]3CNC4=CC(=O)CC[C@]4(C)[C@H]3CC[C@]12C. The van der Waals surface area contributed by atoms with Crippen LogP contribution >= 0.6 is 0 Å². The topological polar surface area (TPSA) is 58.2 Å². The van der Waals surface area contributed by atoms with Crippen LogP contribution in [0.5, 0.6) is 0 Å². The van der Waals surface area contributed by atoms with Crippen molar-refractivity contribution in [2.75, 3.05) is 6.54 Å². The summed E-state index contributed by atoms with van der Waals surface area (Å²) in [5.74, 6) is 2.54. The van der Waals surface area contributed by atoms with Gasteiger partial charge in [-0.05, 0) is 74.5 Å². The highest BCUT2D eigenvalue weighted by atomic mass is 16.2. The summed E-state index contributed by atoms with van der Waals surface area (Å²) in [6.45, 7) is 9.98. The second-order valence-electron chi connectivity index (χ2n) is 11.3. The van der Waals surface area contributed by atoms with Crippen molar-refractivity contribution in [1.29, 1.82) is 0 Å².